The van der Waals surface area contributed by atoms with E-state index in [0.29, 0.717) is 17.9 Å². The number of nitrogens with two attached hydrogens (primary N) is 1. The Balaban J connectivity index is 0.000000300. The average Bonchev–Trinajstić information content (AvgIpc) is 2.71. The van der Waals surface area contributed by atoms with E-state index in [1.165, 1.54) is 11.8 Å². The van der Waals surface area contributed by atoms with Crippen LogP contribution in [0.15, 0.2) is 47.1 Å². The molecule has 3 aromatic rings. The summed E-state index contributed by atoms with van der Waals surface area (Å²) in [7, 11) is 1.65. The minimum absolute atomic E-state index is 0.0148. The molecule has 0 aliphatic rings. The smallest absolute Gasteiger partial charge is 0.219 e. The van der Waals surface area contributed by atoms with Crippen LogP contribution in [0, 0.1) is 12.3 Å². The molecule has 2 aromatic heterocycles. The highest BCUT2D eigenvalue weighted by Crippen LogP contribution is 2.28. The molecule has 7 heteroatoms. The fourth-order valence-corrected chi connectivity index (χ4v) is 2.76. The molecule has 0 saturated carbocycles. The molecule has 1 aromatic carbocycles. The van der Waals surface area contributed by atoms with Crippen molar-refractivity contribution in [3.05, 3.63) is 52.6 Å². The van der Waals surface area contributed by atoms with Gasteiger partial charge in [0.15, 0.2) is 0 Å². The lowest BCUT2D eigenvalue weighted by Gasteiger charge is -2.11. The number of aliphatic hydroxyl groups excluding tert-OH is 1. The molecule has 0 aliphatic heterocycles. The van der Waals surface area contributed by atoms with Gasteiger partial charge in [0.05, 0.1) is 12.3 Å². The monoisotopic (exact) mass is 440 g/mol. The van der Waals surface area contributed by atoms with Crippen molar-refractivity contribution < 1.29 is 9.90 Å². The van der Waals surface area contributed by atoms with Gasteiger partial charge in [0.25, 0.3) is 0 Å². The van der Waals surface area contributed by atoms with Crippen molar-refractivity contribution in [2.75, 3.05) is 25.9 Å². The summed E-state index contributed by atoms with van der Waals surface area (Å²) in [5.41, 5.74) is 9.19. The maximum atomic E-state index is 10.3. The number of benzene rings is 1. The van der Waals surface area contributed by atoms with Crippen molar-refractivity contribution in [1.82, 2.24) is 14.9 Å². The highest BCUT2D eigenvalue weighted by Gasteiger charge is 2.08. The van der Waals surface area contributed by atoms with E-state index in [-0.39, 0.29) is 12.5 Å². The maximum absolute atomic E-state index is 10.3. The van der Waals surface area contributed by atoms with E-state index < -0.39 is 0 Å². The van der Waals surface area contributed by atoms with Gasteiger partial charge in [-0.2, -0.15) is 0 Å². The standard InChI is InChI=1S/C16H10BrN3.C5H11NO2/c1-2-10-4-3-5-11(8-10)14-7-6-12-13(17)9-19-16(18)15(12)20-14;1-5(8)6(2)3-4-7/h1,3-9H,(H2,18,19);7H,3-4H2,1-2H3. The van der Waals surface area contributed by atoms with E-state index in [2.05, 4.69) is 31.8 Å². The van der Waals surface area contributed by atoms with Crippen LogP contribution in [0.3, 0.4) is 0 Å². The van der Waals surface area contributed by atoms with Crippen LogP contribution >= 0.6 is 15.9 Å². The van der Waals surface area contributed by atoms with Crippen molar-refractivity contribution in [2.24, 2.45) is 0 Å². The number of fused-ring (bicyclic) bond motifs is 1. The summed E-state index contributed by atoms with van der Waals surface area (Å²) in [6.07, 6.45) is 7.10. The van der Waals surface area contributed by atoms with Gasteiger partial charge >= 0.3 is 0 Å². The number of hydrogen-bond donors (Lipinski definition) is 2. The van der Waals surface area contributed by atoms with E-state index in [4.69, 9.17) is 17.3 Å². The molecule has 0 fully saturated rings. The molecule has 144 valence electrons. The van der Waals surface area contributed by atoms with Crippen molar-refractivity contribution in [1.29, 1.82) is 0 Å². The van der Waals surface area contributed by atoms with Gasteiger partial charge in [-0.05, 0) is 40.2 Å². The Morgan fingerprint density at radius 2 is 2.11 bits per heavy atom. The van der Waals surface area contributed by atoms with Gasteiger partial charge in [-0.3, -0.25) is 4.79 Å². The lowest BCUT2D eigenvalue weighted by atomic mass is 10.1. The summed E-state index contributed by atoms with van der Waals surface area (Å²) >= 11 is 3.45. The third-order valence-corrected chi connectivity index (χ3v) is 4.64. The Morgan fingerprint density at radius 3 is 2.71 bits per heavy atom. The van der Waals surface area contributed by atoms with Gasteiger partial charge in [0.2, 0.25) is 5.91 Å². The average molecular weight is 441 g/mol. The summed E-state index contributed by atoms with van der Waals surface area (Å²) in [5.74, 6) is 3.02. The minimum atomic E-state index is -0.0148. The number of nitrogens with zero attached hydrogens (tertiary/aromatic N) is 3. The molecule has 3 rings (SSSR count). The number of rotatable bonds is 3. The van der Waals surface area contributed by atoms with Crippen LogP contribution in [0.4, 0.5) is 5.82 Å². The molecule has 0 spiro atoms. The van der Waals surface area contributed by atoms with E-state index in [9.17, 15) is 4.79 Å². The SMILES string of the molecule is C#Cc1cccc(-c2ccc3c(Br)cnc(N)c3n2)c1.CC(=O)N(C)CCO. The zero-order valence-corrected chi connectivity index (χ0v) is 17.3. The number of amides is 1. The molecule has 28 heavy (non-hydrogen) atoms. The molecule has 1 amide bonds. The maximum Gasteiger partial charge on any atom is 0.219 e. The number of pyridine rings is 2. The number of aliphatic hydroxyl groups is 1. The molecular formula is C21H21BrN4O2. The van der Waals surface area contributed by atoms with E-state index in [1.807, 2.05) is 36.4 Å². The highest BCUT2D eigenvalue weighted by atomic mass is 79.9. The minimum Gasteiger partial charge on any atom is -0.395 e. The van der Waals surface area contributed by atoms with Crippen LogP contribution in [-0.4, -0.2) is 46.1 Å². The fourth-order valence-electron chi connectivity index (χ4n) is 2.34. The molecule has 0 unspecified atom stereocenters. The van der Waals surface area contributed by atoms with Crippen molar-refractivity contribution in [3.8, 4) is 23.6 Å². The zero-order chi connectivity index (χ0) is 20.7. The topological polar surface area (TPSA) is 92.3 Å². The van der Waals surface area contributed by atoms with E-state index >= 15 is 0 Å². The number of anilines is 1. The number of halogens is 1. The largest absolute Gasteiger partial charge is 0.395 e. The molecule has 3 N–H and O–H groups in total. The second kappa shape index (κ2) is 9.83. The molecule has 0 aliphatic carbocycles. The Hall–Kier alpha value is -2.95. The van der Waals surface area contributed by atoms with Crippen molar-refractivity contribution >= 4 is 38.6 Å². The molecule has 0 saturated heterocycles. The molecule has 6 nitrogen and oxygen atoms in total. The van der Waals surface area contributed by atoms with E-state index in [1.54, 1.807) is 13.2 Å². The summed E-state index contributed by atoms with van der Waals surface area (Å²) in [5, 5.41) is 9.23. The molecule has 0 atom stereocenters. The number of carbonyl (C=O) groups is 1. The molecule has 0 radical (unpaired) electrons. The Morgan fingerprint density at radius 1 is 1.36 bits per heavy atom. The molecular weight excluding hydrogens is 420 g/mol. The first-order valence-corrected chi connectivity index (χ1v) is 9.27. The first kappa shape index (κ1) is 21.4. The normalized spacial score (nSPS) is 9.96. The predicted molar refractivity (Wildman–Crippen MR) is 115 cm³/mol. The summed E-state index contributed by atoms with van der Waals surface area (Å²) in [6.45, 7) is 1.93. The number of carbonyl (C=O) groups excluding carboxylic acids is 1. The van der Waals surface area contributed by atoms with E-state index in [0.717, 1.165) is 26.7 Å². The third kappa shape index (κ3) is 5.28. The van der Waals surface area contributed by atoms with Gasteiger partial charge in [-0.15, -0.1) is 6.42 Å². The van der Waals surface area contributed by atoms with Gasteiger partial charge in [0, 0.05) is 47.7 Å². The number of likely N-dealkylation sites (N-methyl/N-ethyl adjacent to an activating group) is 1. The Bertz CT molecular complexity index is 1030. The third-order valence-electron chi connectivity index (χ3n) is 4.01. The van der Waals surface area contributed by atoms with Crippen LogP contribution in [0.5, 0.6) is 0 Å². The van der Waals surface area contributed by atoms with Crippen LogP contribution < -0.4 is 5.73 Å². The lowest BCUT2D eigenvalue weighted by Crippen LogP contribution is -2.26. The molecule has 2 heterocycles. The summed E-state index contributed by atoms with van der Waals surface area (Å²) in [4.78, 5) is 20.5. The van der Waals surface area contributed by atoms with Crippen molar-refractivity contribution in [3.63, 3.8) is 0 Å². The highest BCUT2D eigenvalue weighted by molar-refractivity contribution is 9.10. The van der Waals surface area contributed by atoms with Gasteiger partial charge in [0.1, 0.15) is 11.3 Å². The zero-order valence-electron chi connectivity index (χ0n) is 15.7. The fraction of sp³-hybridized carbons (Fsp3) is 0.190. The van der Waals surface area contributed by atoms with Gasteiger partial charge in [-0.25, -0.2) is 9.97 Å². The first-order valence-electron chi connectivity index (χ1n) is 8.47. The van der Waals surface area contributed by atoms with Crippen LogP contribution in [0.1, 0.15) is 12.5 Å². The van der Waals surface area contributed by atoms with Crippen LogP contribution in [0.2, 0.25) is 0 Å². The number of terminal acetylenes is 1. The Kier molecular flexibility index (Phi) is 7.50. The Labute approximate surface area is 172 Å². The quantitative estimate of drug-likeness (QED) is 0.610. The van der Waals surface area contributed by atoms with Crippen LogP contribution in [0.25, 0.3) is 22.2 Å². The molecule has 0 bridgehead atoms. The summed E-state index contributed by atoms with van der Waals surface area (Å²) in [6, 6.07) is 11.6. The second-order valence-corrected chi connectivity index (χ2v) is 6.83. The van der Waals surface area contributed by atoms with Crippen molar-refractivity contribution in [2.45, 2.75) is 6.92 Å². The number of aromatic nitrogens is 2. The van der Waals surface area contributed by atoms with Crippen LogP contribution in [-0.2, 0) is 4.79 Å². The lowest BCUT2D eigenvalue weighted by molar-refractivity contribution is -0.127. The van der Waals surface area contributed by atoms with Gasteiger partial charge < -0.3 is 15.7 Å². The number of hydrogen-bond acceptors (Lipinski definition) is 5. The predicted octanol–water partition coefficient (Wildman–Crippen LogP) is 3.08. The summed E-state index contributed by atoms with van der Waals surface area (Å²) < 4.78 is 0.873. The van der Waals surface area contributed by atoms with Gasteiger partial charge in [-0.1, -0.05) is 18.1 Å². The first-order chi connectivity index (χ1) is 13.4. The second-order valence-electron chi connectivity index (χ2n) is 5.97. The number of nitrogen functional groups attached to an aromatic ring is 1.